The van der Waals surface area contributed by atoms with Crippen molar-refractivity contribution >= 4 is 5.84 Å². The van der Waals surface area contributed by atoms with Gasteiger partial charge >= 0.3 is 0 Å². The zero-order chi connectivity index (χ0) is 14.1. The van der Waals surface area contributed by atoms with Crippen molar-refractivity contribution in [2.24, 2.45) is 4.99 Å². The number of aliphatic imine (C=N–C) groups is 1. The standard InChI is InChI=1S/C13H20N4O2/c1-3-4-8-16(2)13(11-17(18)19)15-10-12-6-5-7-14-9-12/h5-7,9H,3-4,8,10-11H2,1-2H3. The summed E-state index contributed by atoms with van der Waals surface area (Å²) in [5.41, 5.74) is 0.951. The highest BCUT2D eigenvalue weighted by Crippen LogP contribution is 2.01. The predicted molar refractivity (Wildman–Crippen MR) is 74.8 cm³/mol. The molecular formula is C13H20N4O2. The molecule has 0 spiro atoms. The number of nitro groups is 1. The average molecular weight is 264 g/mol. The minimum absolute atomic E-state index is 0.236. The Balaban J connectivity index is 2.69. The maximum absolute atomic E-state index is 10.7. The topological polar surface area (TPSA) is 71.6 Å². The quantitative estimate of drug-likeness (QED) is 0.327. The average Bonchev–Trinajstić information content (AvgIpc) is 2.41. The Morgan fingerprint density at radius 1 is 1.58 bits per heavy atom. The van der Waals surface area contributed by atoms with E-state index in [9.17, 15) is 10.1 Å². The maximum atomic E-state index is 10.7. The molecule has 0 aromatic carbocycles. The summed E-state index contributed by atoms with van der Waals surface area (Å²) in [6.07, 6.45) is 5.47. The fourth-order valence-electron chi connectivity index (χ4n) is 1.61. The van der Waals surface area contributed by atoms with Crippen LogP contribution in [0.4, 0.5) is 0 Å². The Morgan fingerprint density at radius 3 is 2.95 bits per heavy atom. The zero-order valence-electron chi connectivity index (χ0n) is 11.5. The molecule has 0 aliphatic heterocycles. The molecule has 0 saturated heterocycles. The molecule has 1 aromatic heterocycles. The van der Waals surface area contributed by atoms with Gasteiger partial charge in [0.1, 0.15) is 0 Å². The molecule has 0 amide bonds. The van der Waals surface area contributed by atoms with Crippen molar-refractivity contribution in [1.82, 2.24) is 9.88 Å². The van der Waals surface area contributed by atoms with E-state index in [0.717, 1.165) is 24.9 Å². The van der Waals surface area contributed by atoms with E-state index in [0.29, 0.717) is 12.4 Å². The van der Waals surface area contributed by atoms with Crippen molar-refractivity contribution in [3.8, 4) is 0 Å². The van der Waals surface area contributed by atoms with Gasteiger partial charge in [-0.25, -0.2) is 0 Å². The molecule has 0 unspecified atom stereocenters. The Kier molecular flexibility index (Phi) is 6.49. The Labute approximate surface area is 113 Å². The fraction of sp³-hybridized carbons (Fsp3) is 0.538. The van der Waals surface area contributed by atoms with E-state index < -0.39 is 0 Å². The first-order valence-electron chi connectivity index (χ1n) is 6.38. The third-order valence-corrected chi connectivity index (χ3v) is 2.73. The van der Waals surface area contributed by atoms with Crippen LogP contribution in [0.1, 0.15) is 25.3 Å². The molecule has 104 valence electrons. The van der Waals surface area contributed by atoms with E-state index in [1.165, 1.54) is 0 Å². The Bertz CT molecular complexity index is 420. The molecule has 19 heavy (non-hydrogen) atoms. The molecule has 6 heteroatoms. The first kappa shape index (κ1) is 15.1. The van der Waals surface area contributed by atoms with Gasteiger partial charge in [0, 0.05) is 30.9 Å². The fourth-order valence-corrected chi connectivity index (χ4v) is 1.61. The van der Waals surface area contributed by atoms with Crippen LogP contribution in [0.5, 0.6) is 0 Å². The molecule has 0 bridgehead atoms. The van der Waals surface area contributed by atoms with Crippen LogP contribution in [-0.2, 0) is 6.54 Å². The van der Waals surface area contributed by atoms with Gasteiger partial charge in [-0.1, -0.05) is 19.4 Å². The number of hydrogen-bond donors (Lipinski definition) is 0. The SMILES string of the molecule is CCCCN(C)C(C[N+](=O)[O-])=NCc1cccnc1. The van der Waals surface area contributed by atoms with Crippen molar-refractivity contribution in [3.63, 3.8) is 0 Å². The smallest absolute Gasteiger partial charge is 0.260 e. The number of amidine groups is 1. The lowest BCUT2D eigenvalue weighted by molar-refractivity contribution is -0.464. The van der Waals surface area contributed by atoms with Gasteiger partial charge in [-0.15, -0.1) is 0 Å². The highest BCUT2D eigenvalue weighted by Gasteiger charge is 2.12. The van der Waals surface area contributed by atoms with Gasteiger partial charge < -0.3 is 4.90 Å². The lowest BCUT2D eigenvalue weighted by Crippen LogP contribution is -2.33. The summed E-state index contributed by atoms with van der Waals surface area (Å²) in [4.78, 5) is 20.6. The van der Waals surface area contributed by atoms with Crippen molar-refractivity contribution in [3.05, 3.63) is 40.2 Å². The van der Waals surface area contributed by atoms with E-state index in [2.05, 4.69) is 16.9 Å². The van der Waals surface area contributed by atoms with E-state index in [1.54, 1.807) is 12.4 Å². The summed E-state index contributed by atoms with van der Waals surface area (Å²) in [5, 5.41) is 10.7. The van der Waals surface area contributed by atoms with Crippen LogP contribution in [0.25, 0.3) is 0 Å². The number of hydrogen-bond acceptors (Lipinski definition) is 4. The van der Waals surface area contributed by atoms with E-state index in [1.807, 2.05) is 24.1 Å². The lowest BCUT2D eigenvalue weighted by Gasteiger charge is -2.18. The molecule has 0 saturated carbocycles. The number of pyridine rings is 1. The first-order chi connectivity index (χ1) is 9.13. The summed E-state index contributed by atoms with van der Waals surface area (Å²) in [6, 6.07) is 3.74. The summed E-state index contributed by atoms with van der Waals surface area (Å²) in [7, 11) is 1.85. The van der Waals surface area contributed by atoms with Gasteiger partial charge in [-0.2, -0.15) is 0 Å². The zero-order valence-corrected chi connectivity index (χ0v) is 11.5. The van der Waals surface area contributed by atoms with Gasteiger partial charge in [0.25, 0.3) is 6.54 Å². The molecule has 0 aliphatic rings. The molecule has 6 nitrogen and oxygen atoms in total. The summed E-state index contributed by atoms with van der Waals surface area (Å²) in [6.45, 7) is 3.07. The van der Waals surface area contributed by atoms with E-state index in [4.69, 9.17) is 0 Å². The molecule has 0 aliphatic carbocycles. The van der Waals surface area contributed by atoms with Crippen LogP contribution in [0.3, 0.4) is 0 Å². The van der Waals surface area contributed by atoms with Crippen LogP contribution in [0.15, 0.2) is 29.5 Å². The Morgan fingerprint density at radius 2 is 2.37 bits per heavy atom. The molecule has 0 atom stereocenters. The van der Waals surface area contributed by atoms with Crippen molar-refractivity contribution in [1.29, 1.82) is 0 Å². The van der Waals surface area contributed by atoms with Crippen LogP contribution in [-0.4, -0.2) is 40.8 Å². The van der Waals surface area contributed by atoms with Crippen LogP contribution >= 0.6 is 0 Å². The number of nitrogens with zero attached hydrogens (tertiary/aromatic N) is 4. The maximum Gasteiger partial charge on any atom is 0.260 e. The largest absolute Gasteiger partial charge is 0.358 e. The molecule has 1 heterocycles. The molecule has 1 rings (SSSR count). The number of unbranched alkanes of at least 4 members (excludes halogenated alkanes) is 1. The second-order valence-corrected chi connectivity index (χ2v) is 4.36. The van der Waals surface area contributed by atoms with Crippen LogP contribution in [0, 0.1) is 10.1 Å². The molecule has 0 N–H and O–H groups in total. The number of aromatic nitrogens is 1. The molecular weight excluding hydrogens is 244 g/mol. The summed E-state index contributed by atoms with van der Waals surface area (Å²) < 4.78 is 0. The van der Waals surface area contributed by atoms with Crippen molar-refractivity contribution in [2.75, 3.05) is 20.1 Å². The van der Waals surface area contributed by atoms with Gasteiger partial charge in [-0.3, -0.25) is 20.1 Å². The minimum atomic E-state index is -0.343. The normalized spacial score (nSPS) is 11.4. The highest BCUT2D eigenvalue weighted by atomic mass is 16.6. The van der Waals surface area contributed by atoms with E-state index in [-0.39, 0.29) is 11.5 Å². The van der Waals surface area contributed by atoms with Crippen molar-refractivity contribution < 1.29 is 4.92 Å². The van der Waals surface area contributed by atoms with E-state index >= 15 is 0 Å². The summed E-state index contributed by atoms with van der Waals surface area (Å²) >= 11 is 0. The third kappa shape index (κ3) is 5.94. The molecule has 1 aromatic rings. The second-order valence-electron chi connectivity index (χ2n) is 4.36. The number of likely N-dealkylation sites (N-methyl/N-ethyl adjacent to an activating group) is 1. The van der Waals surface area contributed by atoms with Crippen molar-refractivity contribution in [2.45, 2.75) is 26.3 Å². The number of rotatable bonds is 7. The minimum Gasteiger partial charge on any atom is -0.358 e. The summed E-state index contributed by atoms with van der Waals surface area (Å²) in [5.74, 6) is 0.516. The highest BCUT2D eigenvalue weighted by molar-refractivity contribution is 5.83. The van der Waals surface area contributed by atoms with Gasteiger partial charge in [0.2, 0.25) is 0 Å². The Hall–Kier alpha value is -1.98. The molecule has 0 radical (unpaired) electrons. The first-order valence-corrected chi connectivity index (χ1v) is 6.38. The predicted octanol–water partition coefficient (Wildman–Crippen LogP) is 1.99. The van der Waals surface area contributed by atoms with Gasteiger partial charge in [-0.05, 0) is 18.1 Å². The lowest BCUT2D eigenvalue weighted by atomic mass is 10.3. The van der Waals surface area contributed by atoms with Crippen LogP contribution in [0.2, 0.25) is 0 Å². The third-order valence-electron chi connectivity index (χ3n) is 2.73. The molecule has 0 fully saturated rings. The monoisotopic (exact) mass is 264 g/mol. The van der Waals surface area contributed by atoms with Crippen LogP contribution < -0.4 is 0 Å². The second kappa shape index (κ2) is 8.18. The van der Waals surface area contributed by atoms with Gasteiger partial charge in [0.05, 0.1) is 6.54 Å². The van der Waals surface area contributed by atoms with Gasteiger partial charge in [0.15, 0.2) is 5.84 Å².